The van der Waals surface area contributed by atoms with E-state index < -0.39 is 8.32 Å². The van der Waals surface area contributed by atoms with Crippen LogP contribution in [0.25, 0.3) is 0 Å². The van der Waals surface area contributed by atoms with Crippen LogP contribution in [-0.2, 0) is 9.16 Å². The molecule has 1 aliphatic heterocycles. The van der Waals surface area contributed by atoms with Crippen LogP contribution in [0.3, 0.4) is 0 Å². The van der Waals surface area contributed by atoms with Crippen molar-refractivity contribution in [2.45, 2.75) is 51.9 Å². The quantitative estimate of drug-likeness (QED) is 0.530. The van der Waals surface area contributed by atoms with E-state index in [4.69, 9.17) is 9.16 Å². The van der Waals surface area contributed by atoms with Crippen molar-refractivity contribution in [1.82, 2.24) is 0 Å². The third kappa shape index (κ3) is 4.29. The zero-order chi connectivity index (χ0) is 10.6. The number of ether oxygens (including phenoxy) is 1. The van der Waals surface area contributed by atoms with Gasteiger partial charge < -0.3 is 9.16 Å². The van der Waals surface area contributed by atoms with Crippen LogP contribution in [0.2, 0.25) is 19.6 Å². The molecule has 3 heteroatoms. The van der Waals surface area contributed by atoms with E-state index in [1.165, 1.54) is 5.57 Å². The second-order valence-electron chi connectivity index (χ2n) is 4.86. The monoisotopic (exact) mass is 214 g/mol. The maximum atomic E-state index is 5.78. The molecule has 0 amide bonds. The molecule has 1 rings (SSSR count). The fourth-order valence-electron chi connectivity index (χ4n) is 1.44. The van der Waals surface area contributed by atoms with Crippen molar-refractivity contribution in [2.24, 2.45) is 0 Å². The molecule has 0 N–H and O–H groups in total. The Bertz CT molecular complexity index is 206. The Morgan fingerprint density at radius 1 is 1.50 bits per heavy atom. The lowest BCUT2D eigenvalue weighted by molar-refractivity contribution is 0.0328. The third-order valence-corrected chi connectivity index (χ3v) is 3.13. The average Bonchev–Trinajstić information content (AvgIpc) is 2.14. The zero-order valence-corrected chi connectivity index (χ0v) is 10.8. The maximum absolute atomic E-state index is 5.78. The maximum Gasteiger partial charge on any atom is 0.241 e. The van der Waals surface area contributed by atoms with Crippen molar-refractivity contribution in [2.75, 3.05) is 6.61 Å². The van der Waals surface area contributed by atoms with Crippen molar-refractivity contribution in [3.05, 3.63) is 11.8 Å². The van der Waals surface area contributed by atoms with Gasteiger partial charge in [0.15, 0.2) is 0 Å². The third-order valence-electron chi connectivity index (χ3n) is 2.30. The molecule has 1 heterocycles. The van der Waals surface area contributed by atoms with Gasteiger partial charge in [-0.2, -0.15) is 0 Å². The number of hydrogen-bond donors (Lipinski definition) is 0. The Morgan fingerprint density at radius 2 is 2.21 bits per heavy atom. The summed E-state index contributed by atoms with van der Waals surface area (Å²) < 4.78 is 11.4. The van der Waals surface area contributed by atoms with Gasteiger partial charge in [-0.25, -0.2) is 0 Å². The highest BCUT2D eigenvalue weighted by atomic mass is 28.4. The minimum absolute atomic E-state index is 0.417. The van der Waals surface area contributed by atoms with Crippen LogP contribution in [0, 0.1) is 0 Å². The molecular formula is C11H22O2Si. The van der Waals surface area contributed by atoms with Gasteiger partial charge in [-0.1, -0.05) is 6.92 Å². The zero-order valence-electron chi connectivity index (χ0n) is 9.80. The Hall–Kier alpha value is -0.283. The molecule has 0 aromatic rings. The molecule has 1 fully saturated rings. The summed E-state index contributed by atoms with van der Waals surface area (Å²) in [4.78, 5) is 0. The summed E-state index contributed by atoms with van der Waals surface area (Å²) in [5.41, 5.74) is 1.42. The van der Waals surface area contributed by atoms with Crippen molar-refractivity contribution >= 4 is 8.32 Å². The molecule has 0 aliphatic carbocycles. The topological polar surface area (TPSA) is 18.5 Å². The second-order valence-corrected chi connectivity index (χ2v) is 9.32. The molecule has 0 aromatic heterocycles. The molecule has 82 valence electrons. The molecule has 0 aromatic carbocycles. The van der Waals surface area contributed by atoms with Crippen LogP contribution in [0.15, 0.2) is 11.8 Å². The summed E-state index contributed by atoms with van der Waals surface area (Å²) in [5.74, 6) is 0. The molecule has 0 saturated carbocycles. The van der Waals surface area contributed by atoms with E-state index in [1.807, 2.05) is 6.26 Å². The van der Waals surface area contributed by atoms with E-state index in [0.29, 0.717) is 6.10 Å². The minimum Gasteiger partial charge on any atom is -0.550 e. The van der Waals surface area contributed by atoms with Crippen LogP contribution in [0.5, 0.6) is 0 Å². The van der Waals surface area contributed by atoms with Gasteiger partial charge in [0.2, 0.25) is 8.32 Å². The summed E-state index contributed by atoms with van der Waals surface area (Å²) in [6.45, 7) is 9.66. The Labute approximate surface area is 88.4 Å². The van der Waals surface area contributed by atoms with Crippen LogP contribution in [-0.4, -0.2) is 21.0 Å². The van der Waals surface area contributed by atoms with Gasteiger partial charge in [-0.15, -0.1) is 0 Å². The fourth-order valence-corrected chi connectivity index (χ4v) is 1.96. The lowest BCUT2D eigenvalue weighted by Crippen LogP contribution is -2.24. The predicted octanol–water partition coefficient (Wildman–Crippen LogP) is 3.31. The van der Waals surface area contributed by atoms with Gasteiger partial charge in [0.25, 0.3) is 0 Å². The molecule has 1 aliphatic rings. The molecule has 0 spiro atoms. The summed E-state index contributed by atoms with van der Waals surface area (Å²) in [7, 11) is -1.39. The SMILES string of the molecule is CCC1C/C(=C/O[Si](C)(C)C)CCO1. The van der Waals surface area contributed by atoms with Gasteiger partial charge in [-0.3, -0.25) is 0 Å². The van der Waals surface area contributed by atoms with E-state index in [9.17, 15) is 0 Å². The standard InChI is InChI=1S/C11H22O2Si/c1-5-11-8-10(6-7-12-11)9-13-14(2,3)4/h9,11H,5-8H2,1-4H3/b10-9+. The van der Waals surface area contributed by atoms with E-state index in [1.54, 1.807) is 0 Å². The smallest absolute Gasteiger partial charge is 0.241 e. The Morgan fingerprint density at radius 3 is 2.79 bits per heavy atom. The number of rotatable bonds is 3. The molecule has 14 heavy (non-hydrogen) atoms. The van der Waals surface area contributed by atoms with E-state index >= 15 is 0 Å². The lowest BCUT2D eigenvalue weighted by atomic mass is 10.0. The van der Waals surface area contributed by atoms with Crippen LogP contribution < -0.4 is 0 Å². The average molecular weight is 214 g/mol. The van der Waals surface area contributed by atoms with Crippen molar-refractivity contribution in [3.63, 3.8) is 0 Å². The summed E-state index contributed by atoms with van der Waals surface area (Å²) in [6, 6.07) is 0. The predicted molar refractivity (Wildman–Crippen MR) is 61.8 cm³/mol. The van der Waals surface area contributed by atoms with Gasteiger partial charge >= 0.3 is 0 Å². The highest BCUT2D eigenvalue weighted by Crippen LogP contribution is 2.22. The van der Waals surface area contributed by atoms with E-state index in [0.717, 1.165) is 25.9 Å². The van der Waals surface area contributed by atoms with Crippen molar-refractivity contribution in [1.29, 1.82) is 0 Å². The first kappa shape index (κ1) is 11.8. The highest BCUT2D eigenvalue weighted by molar-refractivity contribution is 6.69. The van der Waals surface area contributed by atoms with Gasteiger partial charge in [0.05, 0.1) is 19.0 Å². The Kier molecular flexibility index (Phi) is 4.20. The molecule has 1 atom stereocenters. The van der Waals surface area contributed by atoms with Crippen molar-refractivity contribution in [3.8, 4) is 0 Å². The number of hydrogen-bond acceptors (Lipinski definition) is 2. The molecule has 0 radical (unpaired) electrons. The first-order valence-electron chi connectivity index (χ1n) is 5.48. The molecule has 2 nitrogen and oxygen atoms in total. The van der Waals surface area contributed by atoms with Crippen LogP contribution >= 0.6 is 0 Å². The largest absolute Gasteiger partial charge is 0.550 e. The van der Waals surface area contributed by atoms with Crippen molar-refractivity contribution < 1.29 is 9.16 Å². The lowest BCUT2D eigenvalue weighted by Gasteiger charge is -2.25. The second kappa shape index (κ2) is 4.98. The molecular weight excluding hydrogens is 192 g/mol. The fraction of sp³-hybridized carbons (Fsp3) is 0.818. The summed E-state index contributed by atoms with van der Waals surface area (Å²) in [5, 5.41) is 0. The van der Waals surface area contributed by atoms with Gasteiger partial charge in [-0.05, 0) is 44.5 Å². The first-order valence-corrected chi connectivity index (χ1v) is 8.89. The van der Waals surface area contributed by atoms with E-state index in [2.05, 4.69) is 26.6 Å². The minimum atomic E-state index is -1.39. The Balaban J connectivity index is 2.43. The normalized spacial score (nSPS) is 26.6. The van der Waals surface area contributed by atoms with E-state index in [-0.39, 0.29) is 0 Å². The highest BCUT2D eigenvalue weighted by Gasteiger charge is 2.18. The summed E-state index contributed by atoms with van der Waals surface area (Å²) >= 11 is 0. The van der Waals surface area contributed by atoms with Crippen LogP contribution in [0.1, 0.15) is 26.2 Å². The van der Waals surface area contributed by atoms with Gasteiger partial charge in [0, 0.05) is 0 Å². The molecule has 1 saturated heterocycles. The van der Waals surface area contributed by atoms with Crippen LogP contribution in [0.4, 0.5) is 0 Å². The van der Waals surface area contributed by atoms with Gasteiger partial charge in [0.1, 0.15) is 0 Å². The first-order chi connectivity index (χ1) is 6.51. The molecule has 0 bridgehead atoms. The molecule has 1 unspecified atom stereocenters. The summed E-state index contributed by atoms with van der Waals surface area (Å²) in [6.07, 6.45) is 5.61.